The molecule has 3 aromatic rings. The lowest BCUT2D eigenvalue weighted by molar-refractivity contribution is 0.308. The van der Waals surface area contributed by atoms with Gasteiger partial charge in [-0.2, -0.15) is 0 Å². The van der Waals surface area contributed by atoms with E-state index in [-0.39, 0.29) is 0 Å². The van der Waals surface area contributed by atoms with Gasteiger partial charge in [-0.3, -0.25) is 4.90 Å². The molecule has 5 rings (SSSR count). The smallest absolute Gasteiger partial charge is 0.118 e. The van der Waals surface area contributed by atoms with Gasteiger partial charge in [0, 0.05) is 43.0 Å². The third-order valence-electron chi connectivity index (χ3n) is 5.80. The molecule has 4 nitrogen and oxygen atoms in total. The minimum Gasteiger partial charge on any atom is -0.497 e. The maximum atomic E-state index is 5.28. The van der Waals surface area contributed by atoms with Gasteiger partial charge in [0.25, 0.3) is 0 Å². The van der Waals surface area contributed by atoms with E-state index in [4.69, 9.17) is 9.72 Å². The minimum absolute atomic E-state index is 0.730. The second kappa shape index (κ2) is 6.56. The predicted octanol–water partition coefficient (Wildman–Crippen LogP) is 3.92. The summed E-state index contributed by atoms with van der Waals surface area (Å²) in [6.45, 7) is 4.58. The summed E-state index contributed by atoms with van der Waals surface area (Å²) in [6, 6.07) is 12.7. The highest BCUT2D eigenvalue weighted by Gasteiger charge is 2.37. The van der Waals surface area contributed by atoms with Crippen LogP contribution >= 0.6 is 11.3 Å². The summed E-state index contributed by atoms with van der Waals surface area (Å²) in [5, 5.41) is 2.18. The Balaban J connectivity index is 1.35. The molecule has 2 aliphatic heterocycles. The first-order chi connectivity index (χ1) is 12.8. The molecular weight excluding hydrogens is 342 g/mol. The topological polar surface area (TPSA) is 30.3 Å². The van der Waals surface area contributed by atoms with E-state index in [2.05, 4.69) is 39.1 Å². The minimum atomic E-state index is 0.730. The standard InChI is InChI=1S/C21H23N3OS/c1-25-18-6-4-15(5-7-18)20-10-22-21-9-16-11-23(12-17(16)13-24(20)21)14-19-3-2-8-26-19/h2-8,10,16-17H,9,11-14H2,1H3/t16-,17-/m1/s1. The van der Waals surface area contributed by atoms with Crippen molar-refractivity contribution in [3.8, 4) is 17.0 Å². The number of ether oxygens (including phenoxy) is 1. The second-order valence-electron chi connectivity index (χ2n) is 7.40. The zero-order valence-corrected chi connectivity index (χ0v) is 15.8. The Kier molecular flexibility index (Phi) is 4.06. The Bertz CT molecular complexity index is 885. The Hall–Kier alpha value is -2.11. The summed E-state index contributed by atoms with van der Waals surface area (Å²) in [5.74, 6) is 3.62. The van der Waals surface area contributed by atoms with Crippen LogP contribution in [0.5, 0.6) is 5.75 Å². The molecule has 1 aromatic carbocycles. The number of benzene rings is 1. The lowest BCUT2D eigenvalue weighted by Gasteiger charge is -2.27. The van der Waals surface area contributed by atoms with E-state index in [0.717, 1.165) is 37.1 Å². The van der Waals surface area contributed by atoms with Crippen LogP contribution in [0.2, 0.25) is 0 Å². The highest BCUT2D eigenvalue weighted by molar-refractivity contribution is 7.09. The zero-order chi connectivity index (χ0) is 17.5. The van der Waals surface area contributed by atoms with E-state index < -0.39 is 0 Å². The number of thiophene rings is 1. The van der Waals surface area contributed by atoms with E-state index in [1.165, 1.54) is 35.0 Å². The molecule has 134 valence electrons. The second-order valence-corrected chi connectivity index (χ2v) is 8.43. The number of nitrogens with zero attached hydrogens (tertiary/aromatic N) is 3. The van der Waals surface area contributed by atoms with Gasteiger partial charge >= 0.3 is 0 Å². The van der Waals surface area contributed by atoms with E-state index >= 15 is 0 Å². The van der Waals surface area contributed by atoms with Gasteiger partial charge in [-0.25, -0.2) is 4.98 Å². The van der Waals surface area contributed by atoms with E-state index in [1.54, 1.807) is 7.11 Å². The largest absolute Gasteiger partial charge is 0.497 e. The molecule has 1 saturated heterocycles. The molecule has 26 heavy (non-hydrogen) atoms. The third-order valence-corrected chi connectivity index (χ3v) is 6.66. The Morgan fingerprint density at radius 2 is 1.96 bits per heavy atom. The lowest BCUT2D eigenvalue weighted by atomic mass is 9.89. The third kappa shape index (κ3) is 2.85. The number of hydrogen-bond donors (Lipinski definition) is 0. The molecule has 4 heterocycles. The average Bonchev–Trinajstić information content (AvgIpc) is 3.39. The molecule has 0 N–H and O–H groups in total. The molecular formula is C21H23N3OS. The maximum absolute atomic E-state index is 5.28. The van der Waals surface area contributed by atoms with Crippen LogP contribution in [0.1, 0.15) is 10.7 Å². The van der Waals surface area contributed by atoms with Crippen molar-refractivity contribution in [2.24, 2.45) is 11.8 Å². The molecule has 2 aromatic heterocycles. The van der Waals surface area contributed by atoms with E-state index in [0.29, 0.717) is 0 Å². The number of aromatic nitrogens is 2. The number of likely N-dealkylation sites (tertiary alicyclic amines) is 1. The normalized spacial score (nSPS) is 22.2. The zero-order valence-electron chi connectivity index (χ0n) is 15.0. The molecule has 0 unspecified atom stereocenters. The van der Waals surface area contributed by atoms with Crippen LogP contribution < -0.4 is 4.74 Å². The number of rotatable bonds is 4. The average molecular weight is 366 g/mol. The van der Waals surface area contributed by atoms with Gasteiger partial charge in [0.2, 0.25) is 0 Å². The number of fused-ring (bicyclic) bond motifs is 2. The van der Waals surface area contributed by atoms with Crippen LogP contribution in [0.4, 0.5) is 0 Å². The van der Waals surface area contributed by atoms with Crippen LogP contribution in [0, 0.1) is 11.8 Å². The molecule has 0 aliphatic carbocycles. The monoisotopic (exact) mass is 365 g/mol. The SMILES string of the molecule is COc1ccc(-c2cnc3n2C[C@H]2CN(Cc4cccs4)C[C@H]2C3)cc1. The van der Waals surface area contributed by atoms with Crippen LogP contribution in [0.15, 0.2) is 48.0 Å². The highest BCUT2D eigenvalue weighted by Crippen LogP contribution is 2.36. The van der Waals surface area contributed by atoms with Gasteiger partial charge in [-0.1, -0.05) is 6.07 Å². The van der Waals surface area contributed by atoms with Crippen molar-refractivity contribution in [1.82, 2.24) is 14.5 Å². The fourth-order valence-corrected chi connectivity index (χ4v) is 5.21. The first-order valence-electron chi connectivity index (χ1n) is 9.23. The first-order valence-corrected chi connectivity index (χ1v) is 10.1. The maximum Gasteiger partial charge on any atom is 0.118 e. The van der Waals surface area contributed by atoms with Crippen LogP contribution in [0.25, 0.3) is 11.3 Å². The number of hydrogen-bond acceptors (Lipinski definition) is 4. The predicted molar refractivity (Wildman–Crippen MR) is 104 cm³/mol. The van der Waals surface area contributed by atoms with Gasteiger partial charge in [0.15, 0.2) is 0 Å². The quantitative estimate of drug-likeness (QED) is 0.702. The van der Waals surface area contributed by atoms with Crippen molar-refractivity contribution in [1.29, 1.82) is 0 Å². The number of imidazole rings is 1. The van der Waals surface area contributed by atoms with Crippen LogP contribution in [-0.4, -0.2) is 34.7 Å². The van der Waals surface area contributed by atoms with Crippen molar-refractivity contribution in [3.63, 3.8) is 0 Å². The highest BCUT2D eigenvalue weighted by atomic mass is 32.1. The molecule has 2 aliphatic rings. The molecule has 0 radical (unpaired) electrons. The van der Waals surface area contributed by atoms with Crippen molar-refractivity contribution in [3.05, 3.63) is 58.7 Å². The van der Waals surface area contributed by atoms with Gasteiger partial charge in [0.1, 0.15) is 11.6 Å². The van der Waals surface area contributed by atoms with Gasteiger partial charge in [0.05, 0.1) is 19.0 Å². The molecule has 0 spiro atoms. The lowest BCUT2D eigenvalue weighted by Crippen LogP contribution is -2.28. The van der Waals surface area contributed by atoms with Crippen LogP contribution in [0.3, 0.4) is 0 Å². The summed E-state index contributed by atoms with van der Waals surface area (Å²) in [7, 11) is 1.71. The molecule has 1 fully saturated rings. The van der Waals surface area contributed by atoms with Gasteiger partial charge < -0.3 is 9.30 Å². The van der Waals surface area contributed by atoms with Crippen molar-refractivity contribution >= 4 is 11.3 Å². The van der Waals surface area contributed by atoms with E-state index in [1.807, 2.05) is 29.7 Å². The fourth-order valence-electron chi connectivity index (χ4n) is 4.47. The molecule has 0 amide bonds. The number of methoxy groups -OCH3 is 1. The van der Waals surface area contributed by atoms with Gasteiger partial charge in [-0.05, 0) is 47.5 Å². The fraction of sp³-hybridized carbons (Fsp3) is 0.381. The van der Waals surface area contributed by atoms with Crippen molar-refractivity contribution in [2.45, 2.75) is 19.5 Å². The summed E-state index contributed by atoms with van der Waals surface area (Å²) in [6.07, 6.45) is 3.14. The van der Waals surface area contributed by atoms with Crippen molar-refractivity contribution < 1.29 is 4.74 Å². The van der Waals surface area contributed by atoms with Crippen molar-refractivity contribution in [2.75, 3.05) is 20.2 Å². The van der Waals surface area contributed by atoms with E-state index in [9.17, 15) is 0 Å². The summed E-state index contributed by atoms with van der Waals surface area (Å²) in [5.41, 5.74) is 2.45. The van der Waals surface area contributed by atoms with Crippen LogP contribution in [-0.2, 0) is 19.5 Å². The summed E-state index contributed by atoms with van der Waals surface area (Å²) >= 11 is 1.87. The summed E-state index contributed by atoms with van der Waals surface area (Å²) < 4.78 is 7.73. The molecule has 0 bridgehead atoms. The van der Waals surface area contributed by atoms with Gasteiger partial charge in [-0.15, -0.1) is 11.3 Å². The first kappa shape index (κ1) is 16.1. The Labute approximate surface area is 158 Å². The summed E-state index contributed by atoms with van der Waals surface area (Å²) in [4.78, 5) is 8.85. The Morgan fingerprint density at radius 3 is 2.73 bits per heavy atom. The molecule has 2 atom stereocenters. The Morgan fingerprint density at radius 1 is 1.12 bits per heavy atom. The molecule has 5 heteroatoms. The molecule has 0 saturated carbocycles.